The quantitative estimate of drug-likeness (QED) is 0.343. The van der Waals surface area contributed by atoms with Gasteiger partial charge in [-0.15, -0.1) is 0 Å². The van der Waals surface area contributed by atoms with Gasteiger partial charge < -0.3 is 4.74 Å². The third-order valence-electron chi connectivity index (χ3n) is 5.19. The summed E-state index contributed by atoms with van der Waals surface area (Å²) in [6.07, 6.45) is 12.1. The molecule has 0 fully saturated rings. The summed E-state index contributed by atoms with van der Waals surface area (Å²) in [5.41, 5.74) is 0.706. The monoisotopic (exact) mass is 370 g/mol. The van der Waals surface area contributed by atoms with E-state index >= 15 is 0 Å². The van der Waals surface area contributed by atoms with Crippen molar-refractivity contribution in [1.82, 2.24) is 0 Å². The fourth-order valence-corrected chi connectivity index (χ4v) is 4.00. The molecule has 0 radical (unpaired) electrons. The van der Waals surface area contributed by atoms with Crippen LogP contribution in [0.15, 0.2) is 12.1 Å². The van der Waals surface area contributed by atoms with Crippen LogP contribution in [0.3, 0.4) is 0 Å². The molecule has 0 saturated carbocycles. The molecule has 0 aliphatic carbocycles. The molecule has 1 aromatic rings. The first kappa shape index (κ1) is 22.3. The van der Waals surface area contributed by atoms with Crippen LogP contribution in [-0.2, 0) is 6.42 Å². The molecule has 1 rings (SSSR count). The molecule has 0 N–H and O–H groups in total. The molecule has 0 saturated heterocycles. The number of ether oxygens (including phenoxy) is 1. The number of halogens is 2. The average molecular weight is 371 g/mol. The van der Waals surface area contributed by atoms with Crippen LogP contribution in [0.25, 0.3) is 0 Å². The number of methoxy groups -OCH3 is 1. The topological polar surface area (TPSA) is 9.23 Å². The molecule has 25 heavy (non-hydrogen) atoms. The van der Waals surface area contributed by atoms with E-state index in [9.17, 15) is 4.39 Å². The summed E-state index contributed by atoms with van der Waals surface area (Å²) in [5, 5.41) is 0.106. The highest BCUT2D eigenvalue weighted by Gasteiger charge is 2.14. The van der Waals surface area contributed by atoms with E-state index < -0.39 is 0 Å². The summed E-state index contributed by atoms with van der Waals surface area (Å²) in [5.74, 6) is 1.72. The van der Waals surface area contributed by atoms with Crippen LogP contribution in [0.5, 0.6) is 5.75 Å². The first-order valence-electron chi connectivity index (χ1n) is 10.0. The van der Waals surface area contributed by atoms with Crippen molar-refractivity contribution in [2.45, 2.75) is 85.0 Å². The van der Waals surface area contributed by atoms with Gasteiger partial charge in [0.2, 0.25) is 0 Å². The molecule has 0 aromatic heterocycles. The van der Waals surface area contributed by atoms with Crippen molar-refractivity contribution < 1.29 is 9.13 Å². The van der Waals surface area contributed by atoms with E-state index in [4.69, 9.17) is 16.3 Å². The average Bonchev–Trinajstić information content (AvgIpc) is 2.59. The van der Waals surface area contributed by atoms with Crippen LogP contribution in [-0.4, -0.2) is 7.11 Å². The summed E-state index contributed by atoms with van der Waals surface area (Å²) in [6.45, 7) is 6.89. The molecule has 0 heterocycles. The van der Waals surface area contributed by atoms with Crippen LogP contribution in [0.2, 0.25) is 5.02 Å². The van der Waals surface area contributed by atoms with E-state index in [0.717, 1.165) is 24.7 Å². The second-order valence-corrected chi connectivity index (χ2v) is 7.80. The van der Waals surface area contributed by atoms with Crippen molar-refractivity contribution in [1.29, 1.82) is 0 Å². The van der Waals surface area contributed by atoms with Crippen molar-refractivity contribution >= 4 is 11.6 Å². The van der Waals surface area contributed by atoms with Gasteiger partial charge in [0.25, 0.3) is 0 Å². The van der Waals surface area contributed by atoms with Crippen LogP contribution < -0.4 is 4.74 Å². The van der Waals surface area contributed by atoms with Gasteiger partial charge >= 0.3 is 0 Å². The van der Waals surface area contributed by atoms with Gasteiger partial charge in [0, 0.05) is 0 Å². The standard InChI is InChI=1S/C22H36ClFO/c1-5-9-17(3)11-7-12-18(10-6-2)13-8-14-19-15-16-20(25-4)21(23)22(19)24/h15-18H,5-14H2,1-4H3. The molecule has 3 heteroatoms. The lowest BCUT2D eigenvalue weighted by Crippen LogP contribution is -2.04. The third-order valence-corrected chi connectivity index (χ3v) is 5.55. The zero-order chi connectivity index (χ0) is 18.7. The Morgan fingerprint density at radius 1 is 1.00 bits per heavy atom. The number of benzene rings is 1. The first-order valence-corrected chi connectivity index (χ1v) is 10.4. The number of hydrogen-bond acceptors (Lipinski definition) is 1. The van der Waals surface area contributed by atoms with Gasteiger partial charge in [0.15, 0.2) is 0 Å². The van der Waals surface area contributed by atoms with Gasteiger partial charge in [0.05, 0.1) is 7.11 Å². The molecule has 0 bridgehead atoms. The maximum absolute atomic E-state index is 14.3. The summed E-state index contributed by atoms with van der Waals surface area (Å²) in [7, 11) is 1.51. The predicted octanol–water partition coefficient (Wildman–Crippen LogP) is 7.83. The Morgan fingerprint density at radius 3 is 2.32 bits per heavy atom. The van der Waals surface area contributed by atoms with Gasteiger partial charge in [0.1, 0.15) is 16.6 Å². The highest BCUT2D eigenvalue weighted by atomic mass is 35.5. The lowest BCUT2D eigenvalue weighted by Gasteiger charge is -2.18. The molecule has 144 valence electrons. The lowest BCUT2D eigenvalue weighted by atomic mass is 9.89. The molecule has 0 aliphatic rings. The number of hydrogen-bond donors (Lipinski definition) is 0. The van der Waals surface area contributed by atoms with E-state index in [0.29, 0.717) is 11.3 Å². The second kappa shape index (κ2) is 12.6. The van der Waals surface area contributed by atoms with Crippen LogP contribution in [0, 0.1) is 17.7 Å². The minimum Gasteiger partial charge on any atom is -0.495 e. The van der Waals surface area contributed by atoms with Gasteiger partial charge in [-0.3, -0.25) is 0 Å². The number of rotatable bonds is 13. The molecule has 1 aromatic carbocycles. The van der Waals surface area contributed by atoms with E-state index in [1.54, 1.807) is 12.1 Å². The summed E-state index contributed by atoms with van der Waals surface area (Å²) < 4.78 is 19.3. The van der Waals surface area contributed by atoms with Crippen molar-refractivity contribution in [3.8, 4) is 5.75 Å². The molecule has 0 amide bonds. The third kappa shape index (κ3) is 7.98. The molecule has 0 aliphatic heterocycles. The van der Waals surface area contributed by atoms with Crippen molar-refractivity contribution in [2.75, 3.05) is 7.11 Å². The maximum Gasteiger partial charge on any atom is 0.148 e. The zero-order valence-corrected chi connectivity index (χ0v) is 17.3. The summed E-state index contributed by atoms with van der Waals surface area (Å²) in [6, 6.07) is 3.57. The Kier molecular flexibility index (Phi) is 11.2. The Bertz CT molecular complexity index is 489. The first-order chi connectivity index (χ1) is 12.0. The smallest absolute Gasteiger partial charge is 0.148 e. The van der Waals surface area contributed by atoms with Crippen molar-refractivity contribution in [3.63, 3.8) is 0 Å². The Morgan fingerprint density at radius 2 is 1.68 bits per heavy atom. The van der Waals surface area contributed by atoms with Crippen molar-refractivity contribution in [3.05, 3.63) is 28.5 Å². The fraction of sp³-hybridized carbons (Fsp3) is 0.727. The normalized spacial score (nSPS) is 13.7. The van der Waals surface area contributed by atoms with Crippen LogP contribution in [0.4, 0.5) is 4.39 Å². The summed E-state index contributed by atoms with van der Waals surface area (Å²) >= 11 is 6.01. The second-order valence-electron chi connectivity index (χ2n) is 7.43. The van der Waals surface area contributed by atoms with Crippen LogP contribution in [0.1, 0.15) is 84.1 Å². The molecular weight excluding hydrogens is 335 g/mol. The zero-order valence-electron chi connectivity index (χ0n) is 16.5. The van der Waals surface area contributed by atoms with E-state index in [2.05, 4.69) is 20.8 Å². The van der Waals surface area contributed by atoms with Crippen LogP contribution >= 0.6 is 11.6 Å². The van der Waals surface area contributed by atoms with E-state index in [-0.39, 0.29) is 10.8 Å². The SMILES string of the molecule is CCCC(C)CCCC(CCC)CCCc1ccc(OC)c(Cl)c1F. The Hall–Kier alpha value is -0.760. The molecule has 0 spiro atoms. The van der Waals surface area contributed by atoms with Gasteiger partial charge in [-0.25, -0.2) is 4.39 Å². The Balaban J connectivity index is 2.43. The summed E-state index contributed by atoms with van der Waals surface area (Å²) in [4.78, 5) is 0. The highest BCUT2D eigenvalue weighted by Crippen LogP contribution is 2.30. The maximum atomic E-state index is 14.3. The van der Waals surface area contributed by atoms with E-state index in [1.165, 1.54) is 58.5 Å². The highest BCUT2D eigenvalue weighted by molar-refractivity contribution is 6.32. The van der Waals surface area contributed by atoms with E-state index in [1.807, 2.05) is 0 Å². The molecule has 1 nitrogen and oxygen atoms in total. The fourth-order valence-electron chi connectivity index (χ4n) is 3.74. The number of aryl methyl sites for hydroxylation is 1. The molecule has 2 atom stereocenters. The minimum absolute atomic E-state index is 0.106. The van der Waals surface area contributed by atoms with Crippen molar-refractivity contribution in [2.24, 2.45) is 11.8 Å². The molecule has 2 unspecified atom stereocenters. The predicted molar refractivity (Wildman–Crippen MR) is 107 cm³/mol. The van der Waals surface area contributed by atoms with Gasteiger partial charge in [-0.05, 0) is 36.3 Å². The van der Waals surface area contributed by atoms with Gasteiger partial charge in [-0.2, -0.15) is 0 Å². The lowest BCUT2D eigenvalue weighted by molar-refractivity contribution is 0.363. The molecular formula is C22H36ClFO. The Labute approximate surface area is 159 Å². The minimum atomic E-state index is -0.318. The van der Waals surface area contributed by atoms with Gasteiger partial charge in [-0.1, -0.05) is 89.8 Å². The largest absolute Gasteiger partial charge is 0.495 e.